The van der Waals surface area contributed by atoms with Crippen LogP contribution in [0.3, 0.4) is 0 Å². The number of anilines is 1. The summed E-state index contributed by atoms with van der Waals surface area (Å²) < 4.78 is 10.3. The van der Waals surface area contributed by atoms with E-state index in [9.17, 15) is 0 Å². The van der Waals surface area contributed by atoms with Crippen molar-refractivity contribution in [3.63, 3.8) is 0 Å². The van der Waals surface area contributed by atoms with Gasteiger partial charge in [-0.15, -0.1) is 0 Å². The number of nitrogens with one attached hydrogen (secondary N) is 1. The molecule has 0 fully saturated rings. The summed E-state index contributed by atoms with van der Waals surface area (Å²) in [6.45, 7) is 4.57. The normalized spacial score (nSPS) is 10.8. The van der Waals surface area contributed by atoms with Gasteiger partial charge in [0.25, 0.3) is 0 Å². The largest absolute Gasteiger partial charge is 0.497 e. The highest BCUT2D eigenvalue weighted by Crippen LogP contribution is 2.25. The van der Waals surface area contributed by atoms with Gasteiger partial charge in [0.05, 0.1) is 30.5 Å². The minimum atomic E-state index is -0.243. The molecule has 0 amide bonds. The molecule has 92 valence electrons. The zero-order valence-corrected chi connectivity index (χ0v) is 10.7. The maximum Gasteiger partial charge on any atom is 0.121 e. The van der Waals surface area contributed by atoms with E-state index in [0.29, 0.717) is 12.2 Å². The average molecular weight is 234 g/mol. The van der Waals surface area contributed by atoms with Crippen molar-refractivity contribution in [2.24, 2.45) is 0 Å². The van der Waals surface area contributed by atoms with Gasteiger partial charge in [0, 0.05) is 13.2 Å². The molecular formula is C13H18N2O2. The number of nitrogens with zero attached hydrogens (tertiary/aromatic N) is 1. The molecule has 0 saturated carbocycles. The maximum atomic E-state index is 9.05. The molecule has 1 rings (SSSR count). The first kappa shape index (κ1) is 13.3. The van der Waals surface area contributed by atoms with E-state index in [1.54, 1.807) is 26.4 Å². The Morgan fingerprint density at radius 1 is 1.35 bits per heavy atom. The van der Waals surface area contributed by atoms with Crippen LogP contribution in [-0.4, -0.2) is 26.4 Å². The summed E-state index contributed by atoms with van der Waals surface area (Å²) in [6, 6.07) is 7.48. The van der Waals surface area contributed by atoms with E-state index in [4.69, 9.17) is 14.7 Å². The Morgan fingerprint density at radius 2 is 2.06 bits per heavy atom. The molecular weight excluding hydrogens is 216 g/mol. The standard InChI is InChI=1S/C13H18N2O2/c1-13(2,9-16-3)15-12-7-11(17-4)6-5-10(12)8-14/h5-7,15H,9H2,1-4H3. The smallest absolute Gasteiger partial charge is 0.121 e. The Balaban J connectivity index is 3.00. The molecule has 0 aliphatic rings. The molecule has 4 nitrogen and oxygen atoms in total. The Morgan fingerprint density at radius 3 is 2.59 bits per heavy atom. The first-order valence-corrected chi connectivity index (χ1v) is 5.37. The van der Waals surface area contributed by atoms with Crippen molar-refractivity contribution in [1.29, 1.82) is 5.26 Å². The summed E-state index contributed by atoms with van der Waals surface area (Å²) in [7, 11) is 3.26. The second kappa shape index (κ2) is 5.55. The molecule has 0 atom stereocenters. The zero-order valence-electron chi connectivity index (χ0n) is 10.7. The first-order valence-electron chi connectivity index (χ1n) is 5.37. The predicted octanol–water partition coefficient (Wildman–Crippen LogP) is 2.40. The fourth-order valence-electron chi connectivity index (χ4n) is 1.61. The lowest BCUT2D eigenvalue weighted by Gasteiger charge is -2.27. The molecule has 1 aromatic carbocycles. The molecule has 4 heteroatoms. The lowest BCUT2D eigenvalue weighted by Crippen LogP contribution is -2.36. The Kier molecular flexibility index (Phi) is 4.36. The molecule has 1 aromatic rings. The minimum Gasteiger partial charge on any atom is -0.497 e. The van der Waals surface area contributed by atoms with Gasteiger partial charge >= 0.3 is 0 Å². The molecule has 0 aliphatic carbocycles. The van der Waals surface area contributed by atoms with E-state index in [2.05, 4.69) is 11.4 Å². The highest BCUT2D eigenvalue weighted by molar-refractivity contribution is 5.61. The van der Waals surface area contributed by atoms with Gasteiger partial charge in [0.15, 0.2) is 0 Å². The van der Waals surface area contributed by atoms with Crippen LogP contribution in [-0.2, 0) is 4.74 Å². The van der Waals surface area contributed by atoms with Crippen LogP contribution >= 0.6 is 0 Å². The predicted molar refractivity (Wildman–Crippen MR) is 67.3 cm³/mol. The molecule has 0 bridgehead atoms. The van der Waals surface area contributed by atoms with Crippen molar-refractivity contribution >= 4 is 5.69 Å². The van der Waals surface area contributed by atoms with Gasteiger partial charge in [-0.25, -0.2) is 0 Å². The number of rotatable bonds is 5. The van der Waals surface area contributed by atoms with Gasteiger partial charge in [-0.1, -0.05) is 0 Å². The molecule has 0 heterocycles. The number of methoxy groups -OCH3 is 2. The molecule has 1 N–H and O–H groups in total. The van der Waals surface area contributed by atoms with Crippen molar-refractivity contribution in [1.82, 2.24) is 0 Å². The molecule has 0 aromatic heterocycles. The van der Waals surface area contributed by atoms with E-state index < -0.39 is 0 Å². The van der Waals surface area contributed by atoms with Gasteiger partial charge in [0.2, 0.25) is 0 Å². The third-order valence-corrected chi connectivity index (χ3v) is 2.33. The first-order chi connectivity index (χ1) is 8.02. The molecule has 0 radical (unpaired) electrons. The van der Waals surface area contributed by atoms with E-state index in [1.807, 2.05) is 19.9 Å². The van der Waals surface area contributed by atoms with Gasteiger partial charge in [-0.3, -0.25) is 0 Å². The SMILES string of the molecule is COCC(C)(C)Nc1cc(OC)ccc1C#N. The number of ether oxygens (including phenoxy) is 2. The van der Waals surface area contributed by atoms with Gasteiger partial charge in [0.1, 0.15) is 11.8 Å². The number of benzene rings is 1. The van der Waals surface area contributed by atoms with E-state index in [-0.39, 0.29) is 5.54 Å². The van der Waals surface area contributed by atoms with Gasteiger partial charge in [-0.05, 0) is 26.0 Å². The van der Waals surface area contributed by atoms with Crippen molar-refractivity contribution in [2.45, 2.75) is 19.4 Å². The minimum absolute atomic E-state index is 0.243. The van der Waals surface area contributed by atoms with Crippen LogP contribution in [0.4, 0.5) is 5.69 Å². The van der Waals surface area contributed by atoms with Crippen molar-refractivity contribution < 1.29 is 9.47 Å². The summed E-state index contributed by atoms with van der Waals surface area (Å²) in [4.78, 5) is 0. The molecule has 17 heavy (non-hydrogen) atoms. The van der Waals surface area contributed by atoms with Crippen molar-refractivity contribution in [3.8, 4) is 11.8 Å². The summed E-state index contributed by atoms with van der Waals surface area (Å²) in [5, 5.41) is 12.3. The lowest BCUT2D eigenvalue weighted by atomic mass is 10.0. The monoisotopic (exact) mass is 234 g/mol. The van der Waals surface area contributed by atoms with E-state index in [1.165, 1.54) is 0 Å². The molecule has 0 unspecified atom stereocenters. The Labute approximate surface area is 102 Å². The van der Waals surface area contributed by atoms with Crippen LogP contribution in [0.25, 0.3) is 0 Å². The highest BCUT2D eigenvalue weighted by Gasteiger charge is 2.18. The van der Waals surface area contributed by atoms with E-state index in [0.717, 1.165) is 11.4 Å². The Bertz CT molecular complexity index is 422. The van der Waals surface area contributed by atoms with Crippen LogP contribution in [0.15, 0.2) is 18.2 Å². The number of hydrogen-bond donors (Lipinski definition) is 1. The third-order valence-electron chi connectivity index (χ3n) is 2.33. The van der Waals surface area contributed by atoms with Crippen molar-refractivity contribution in [3.05, 3.63) is 23.8 Å². The number of hydrogen-bond acceptors (Lipinski definition) is 4. The molecule has 0 saturated heterocycles. The fraction of sp³-hybridized carbons (Fsp3) is 0.462. The summed E-state index contributed by atoms with van der Waals surface area (Å²) in [5.74, 6) is 0.722. The maximum absolute atomic E-state index is 9.05. The topological polar surface area (TPSA) is 54.3 Å². The average Bonchev–Trinajstić information content (AvgIpc) is 2.28. The molecule has 0 spiro atoms. The Hall–Kier alpha value is -1.73. The quantitative estimate of drug-likeness (QED) is 0.850. The highest BCUT2D eigenvalue weighted by atomic mass is 16.5. The summed E-state index contributed by atoms with van der Waals surface area (Å²) in [6.07, 6.45) is 0. The van der Waals surface area contributed by atoms with Crippen LogP contribution < -0.4 is 10.1 Å². The van der Waals surface area contributed by atoms with Crippen LogP contribution in [0.2, 0.25) is 0 Å². The zero-order chi connectivity index (χ0) is 12.9. The van der Waals surface area contributed by atoms with E-state index >= 15 is 0 Å². The summed E-state index contributed by atoms with van der Waals surface area (Å²) in [5.41, 5.74) is 1.11. The fourth-order valence-corrected chi connectivity index (χ4v) is 1.61. The third kappa shape index (κ3) is 3.65. The second-order valence-corrected chi connectivity index (χ2v) is 4.47. The van der Waals surface area contributed by atoms with Gasteiger partial charge in [-0.2, -0.15) is 5.26 Å². The second-order valence-electron chi connectivity index (χ2n) is 4.47. The lowest BCUT2D eigenvalue weighted by molar-refractivity contribution is 0.158. The van der Waals surface area contributed by atoms with Crippen LogP contribution in [0.1, 0.15) is 19.4 Å². The summed E-state index contributed by atoms with van der Waals surface area (Å²) >= 11 is 0. The molecule has 0 aliphatic heterocycles. The van der Waals surface area contributed by atoms with Crippen LogP contribution in [0, 0.1) is 11.3 Å². The number of nitriles is 1. The van der Waals surface area contributed by atoms with Gasteiger partial charge < -0.3 is 14.8 Å². The van der Waals surface area contributed by atoms with Crippen molar-refractivity contribution in [2.75, 3.05) is 26.1 Å². The van der Waals surface area contributed by atoms with Crippen LogP contribution in [0.5, 0.6) is 5.75 Å².